The number of carbonyl (C=O) groups is 1. The number of benzene rings is 1. The van der Waals surface area contributed by atoms with Gasteiger partial charge in [-0.1, -0.05) is 29.4 Å². The number of hydrogen-bond donors (Lipinski definition) is 3. The molecule has 29 heavy (non-hydrogen) atoms. The van der Waals surface area contributed by atoms with E-state index >= 15 is 0 Å². The maximum atomic E-state index is 12.5. The van der Waals surface area contributed by atoms with Crippen molar-refractivity contribution in [1.82, 2.24) is 10.0 Å². The Labute approximate surface area is 168 Å². The summed E-state index contributed by atoms with van der Waals surface area (Å²) in [5.41, 5.74) is 3.67. The molecule has 3 N–H and O–H groups in total. The molecule has 1 atom stereocenters. The van der Waals surface area contributed by atoms with E-state index in [-0.39, 0.29) is 18.5 Å². The molecule has 0 saturated heterocycles. The number of pyridine rings is 1. The molecule has 156 valence electrons. The molecule has 0 bridgehead atoms. The van der Waals surface area contributed by atoms with Gasteiger partial charge in [0.25, 0.3) is 11.5 Å². The lowest BCUT2D eigenvalue weighted by molar-refractivity contribution is -0.131. The maximum Gasteiger partial charge on any atom is 0.264 e. The summed E-state index contributed by atoms with van der Waals surface area (Å²) in [7, 11) is -3.84. The molecule has 0 spiro atoms. The summed E-state index contributed by atoms with van der Waals surface area (Å²) in [5, 5.41) is 20.8. The first-order valence-electron chi connectivity index (χ1n) is 8.67. The van der Waals surface area contributed by atoms with Crippen LogP contribution in [0.1, 0.15) is 25.8 Å². The predicted molar refractivity (Wildman–Crippen MR) is 108 cm³/mol. The average molecular weight is 421 g/mol. The van der Waals surface area contributed by atoms with E-state index in [2.05, 4.69) is 5.16 Å². The van der Waals surface area contributed by atoms with E-state index < -0.39 is 20.5 Å². The lowest BCUT2D eigenvalue weighted by Crippen LogP contribution is -2.49. The number of aromatic nitrogens is 1. The highest BCUT2D eigenvalue weighted by Gasteiger charge is 2.43. The molecule has 1 aromatic carbocycles. The molecule has 2 aromatic rings. The Morgan fingerprint density at radius 2 is 1.83 bits per heavy atom. The Morgan fingerprint density at radius 1 is 1.21 bits per heavy atom. The zero-order valence-electron chi connectivity index (χ0n) is 16.3. The number of carbonyl (C=O) groups excluding carboxylic acids is 1. The quantitative estimate of drug-likeness (QED) is 0.267. The van der Waals surface area contributed by atoms with Gasteiger partial charge in [0.15, 0.2) is 14.6 Å². The van der Waals surface area contributed by atoms with Crippen molar-refractivity contribution in [1.29, 1.82) is 0 Å². The summed E-state index contributed by atoms with van der Waals surface area (Å²) in [6.07, 6.45) is 2.23. The highest BCUT2D eigenvalue weighted by Crippen LogP contribution is 2.23. The molecular weight excluding hydrogens is 398 g/mol. The van der Waals surface area contributed by atoms with Crippen LogP contribution in [0.5, 0.6) is 0 Å². The number of amides is 1. The number of aryl methyl sites for hydroxylation is 1. The van der Waals surface area contributed by atoms with E-state index in [0.29, 0.717) is 11.3 Å². The summed E-state index contributed by atoms with van der Waals surface area (Å²) >= 11 is 0. The van der Waals surface area contributed by atoms with Crippen molar-refractivity contribution in [3.63, 3.8) is 0 Å². The predicted octanol–water partition coefficient (Wildman–Crippen LogP) is 1.41. The first-order chi connectivity index (χ1) is 13.5. The molecule has 0 saturated carbocycles. The summed E-state index contributed by atoms with van der Waals surface area (Å²) in [6.45, 7) is 2.84. The van der Waals surface area contributed by atoms with E-state index in [0.717, 1.165) is 17.4 Å². The first kappa shape index (κ1) is 22.3. The van der Waals surface area contributed by atoms with E-state index in [4.69, 9.17) is 10.4 Å². The van der Waals surface area contributed by atoms with Gasteiger partial charge in [-0.2, -0.15) is 0 Å². The van der Waals surface area contributed by atoms with E-state index in [9.17, 15) is 18.0 Å². The second-order valence-electron chi connectivity index (χ2n) is 6.90. The van der Waals surface area contributed by atoms with Crippen LogP contribution in [0.25, 0.3) is 11.1 Å². The van der Waals surface area contributed by atoms with Crippen molar-refractivity contribution in [2.45, 2.75) is 31.6 Å². The van der Waals surface area contributed by atoms with Crippen molar-refractivity contribution in [3.05, 3.63) is 58.5 Å². The Hall–Kier alpha value is -2.98. The Balaban J connectivity index is 2.26. The minimum absolute atomic E-state index is 0.0266. The molecule has 1 amide bonds. The summed E-state index contributed by atoms with van der Waals surface area (Å²) in [4.78, 5) is 24.3. The zero-order valence-corrected chi connectivity index (χ0v) is 17.1. The number of hydroxylamine groups is 1. The molecule has 0 aliphatic rings. The minimum atomic E-state index is -3.84. The Bertz CT molecular complexity index is 1090. The summed E-state index contributed by atoms with van der Waals surface area (Å²) in [5.74, 6) is -1.05. The molecule has 0 aliphatic carbocycles. The fourth-order valence-corrected chi connectivity index (χ4v) is 3.60. The number of hydrogen-bond acceptors (Lipinski definition) is 7. The highest BCUT2D eigenvalue weighted by molar-refractivity contribution is 7.92. The average Bonchev–Trinajstić information content (AvgIpc) is 2.70. The molecule has 1 aromatic heterocycles. The van der Waals surface area contributed by atoms with Gasteiger partial charge in [-0.05, 0) is 43.0 Å². The zero-order chi connectivity index (χ0) is 21.8. The van der Waals surface area contributed by atoms with Gasteiger partial charge >= 0.3 is 0 Å². The fourth-order valence-electron chi connectivity index (χ4n) is 2.75. The van der Waals surface area contributed by atoms with Crippen LogP contribution < -0.4 is 11.0 Å². The summed E-state index contributed by atoms with van der Waals surface area (Å²) < 4.78 is 23.5. The van der Waals surface area contributed by atoms with Crippen LogP contribution in [-0.4, -0.2) is 46.0 Å². The SMILES string of the molecule is C/C(=N\O)c1ccc(-c2ccn(CCC(C)(C(=O)NO)S(C)(=O)=O)c(=O)c2)cc1. The standard InChI is InChI=1S/C19H23N3O6S/c1-13(20-25)14-4-6-15(7-5-14)16-8-10-22(17(23)12-16)11-9-19(2,18(24)21-26)29(3,27)28/h4-8,10,12,25-26H,9,11H2,1-3H3,(H,21,24)/b20-13+. The third-order valence-electron chi connectivity index (χ3n) is 5.01. The lowest BCUT2D eigenvalue weighted by atomic mass is 10.0. The molecule has 9 nitrogen and oxygen atoms in total. The van der Waals surface area contributed by atoms with Gasteiger partial charge < -0.3 is 9.77 Å². The molecule has 2 rings (SSSR count). The second kappa shape index (κ2) is 8.58. The van der Waals surface area contributed by atoms with Crippen LogP contribution in [0.3, 0.4) is 0 Å². The van der Waals surface area contributed by atoms with Gasteiger partial charge in [0, 0.05) is 25.1 Å². The Morgan fingerprint density at radius 3 is 2.31 bits per heavy atom. The van der Waals surface area contributed by atoms with Crippen molar-refractivity contribution in [2.75, 3.05) is 6.26 Å². The third-order valence-corrected chi connectivity index (χ3v) is 7.04. The van der Waals surface area contributed by atoms with Gasteiger partial charge in [-0.3, -0.25) is 14.8 Å². The minimum Gasteiger partial charge on any atom is -0.411 e. The molecule has 1 unspecified atom stereocenters. The monoisotopic (exact) mass is 421 g/mol. The van der Waals surface area contributed by atoms with E-state index in [1.54, 1.807) is 37.3 Å². The van der Waals surface area contributed by atoms with Crippen LogP contribution in [0.15, 0.2) is 52.5 Å². The van der Waals surface area contributed by atoms with E-state index in [1.165, 1.54) is 29.2 Å². The Kier molecular flexibility index (Phi) is 6.60. The number of oxime groups is 1. The molecule has 10 heteroatoms. The van der Waals surface area contributed by atoms with Crippen LogP contribution >= 0.6 is 0 Å². The normalized spacial score (nSPS) is 14.3. The number of sulfone groups is 1. The third kappa shape index (κ3) is 4.72. The first-order valence-corrected chi connectivity index (χ1v) is 10.6. The smallest absolute Gasteiger partial charge is 0.264 e. The van der Waals surface area contributed by atoms with Crippen molar-refractivity contribution in [2.24, 2.45) is 5.16 Å². The van der Waals surface area contributed by atoms with Crippen LogP contribution in [0.4, 0.5) is 0 Å². The van der Waals surface area contributed by atoms with Gasteiger partial charge in [0.05, 0.1) is 5.71 Å². The van der Waals surface area contributed by atoms with E-state index in [1.807, 2.05) is 0 Å². The number of nitrogens with one attached hydrogen (secondary N) is 1. The number of nitrogens with zero attached hydrogens (tertiary/aromatic N) is 2. The van der Waals surface area contributed by atoms with Crippen molar-refractivity contribution >= 4 is 21.5 Å². The van der Waals surface area contributed by atoms with Crippen LogP contribution in [-0.2, 0) is 21.2 Å². The van der Waals surface area contributed by atoms with Gasteiger partial charge in [-0.15, -0.1) is 0 Å². The second-order valence-corrected chi connectivity index (χ2v) is 9.35. The molecule has 0 fully saturated rings. The topological polar surface area (TPSA) is 138 Å². The van der Waals surface area contributed by atoms with Gasteiger partial charge in [0.1, 0.15) is 0 Å². The molecule has 0 aliphatic heterocycles. The fraction of sp³-hybridized carbons (Fsp3) is 0.316. The highest BCUT2D eigenvalue weighted by atomic mass is 32.2. The number of rotatable bonds is 7. The summed E-state index contributed by atoms with van der Waals surface area (Å²) in [6, 6.07) is 10.2. The van der Waals surface area contributed by atoms with Crippen molar-refractivity contribution < 1.29 is 23.6 Å². The lowest BCUT2D eigenvalue weighted by Gasteiger charge is -2.25. The van der Waals surface area contributed by atoms with Gasteiger partial charge in [0.2, 0.25) is 0 Å². The van der Waals surface area contributed by atoms with Crippen LogP contribution in [0, 0.1) is 0 Å². The molecule has 1 heterocycles. The van der Waals surface area contributed by atoms with Crippen molar-refractivity contribution in [3.8, 4) is 11.1 Å². The molecular formula is C19H23N3O6S. The van der Waals surface area contributed by atoms with Crippen LogP contribution in [0.2, 0.25) is 0 Å². The van der Waals surface area contributed by atoms with Gasteiger partial charge in [-0.25, -0.2) is 13.9 Å². The largest absolute Gasteiger partial charge is 0.411 e. The molecule has 0 radical (unpaired) electrons. The maximum absolute atomic E-state index is 12.5.